The van der Waals surface area contributed by atoms with Crippen molar-refractivity contribution < 1.29 is 27.8 Å². The maximum Gasteiger partial charge on any atom is 0.387 e. The van der Waals surface area contributed by atoms with Gasteiger partial charge in [-0.15, -0.1) is 0 Å². The molecule has 1 N–H and O–H groups in total. The summed E-state index contributed by atoms with van der Waals surface area (Å²) in [6.07, 6.45) is 0. The van der Waals surface area contributed by atoms with E-state index in [0.29, 0.717) is 18.7 Å². The second-order valence-corrected chi connectivity index (χ2v) is 4.78. The number of likely N-dealkylation sites (N-methyl/N-ethyl adjacent to an activating group) is 1. The second-order valence-electron chi connectivity index (χ2n) is 4.78. The zero-order valence-electron chi connectivity index (χ0n) is 13.5. The summed E-state index contributed by atoms with van der Waals surface area (Å²) in [5, 5.41) is 2.95. The minimum Gasteiger partial charge on any atom is -0.493 e. The van der Waals surface area contributed by atoms with Gasteiger partial charge in [-0.05, 0) is 17.7 Å². The fourth-order valence-corrected chi connectivity index (χ4v) is 1.87. The van der Waals surface area contributed by atoms with E-state index in [4.69, 9.17) is 9.47 Å². The van der Waals surface area contributed by atoms with Crippen LogP contribution in [0.5, 0.6) is 11.5 Å². The van der Waals surface area contributed by atoms with Crippen molar-refractivity contribution in [3.05, 3.63) is 23.8 Å². The van der Waals surface area contributed by atoms with Gasteiger partial charge in [-0.3, -0.25) is 4.79 Å². The van der Waals surface area contributed by atoms with Gasteiger partial charge in [0.05, 0.1) is 20.3 Å². The van der Waals surface area contributed by atoms with Crippen LogP contribution in [-0.2, 0) is 16.1 Å². The predicted octanol–water partition coefficient (Wildman–Crippen LogP) is 1.49. The number of alkyl halides is 2. The number of nitrogens with one attached hydrogen (secondary N) is 1. The quantitative estimate of drug-likeness (QED) is 0.658. The van der Waals surface area contributed by atoms with E-state index in [1.54, 1.807) is 20.2 Å². The van der Waals surface area contributed by atoms with Crippen molar-refractivity contribution in [2.75, 3.05) is 41.0 Å². The van der Waals surface area contributed by atoms with E-state index >= 15 is 0 Å². The Labute approximate surface area is 134 Å². The summed E-state index contributed by atoms with van der Waals surface area (Å²) < 4.78 is 39.1. The Hall–Kier alpha value is -1.93. The molecule has 0 fully saturated rings. The summed E-state index contributed by atoms with van der Waals surface area (Å²) in [6.45, 7) is -1.40. The monoisotopic (exact) mass is 332 g/mol. The van der Waals surface area contributed by atoms with E-state index in [2.05, 4.69) is 10.1 Å². The van der Waals surface area contributed by atoms with Crippen LogP contribution in [0.3, 0.4) is 0 Å². The lowest BCUT2D eigenvalue weighted by molar-refractivity contribution is -0.129. The Morgan fingerprint density at radius 2 is 2.04 bits per heavy atom. The van der Waals surface area contributed by atoms with Crippen LogP contribution in [0.4, 0.5) is 8.78 Å². The van der Waals surface area contributed by atoms with Crippen molar-refractivity contribution >= 4 is 5.91 Å². The molecule has 1 aromatic rings. The fraction of sp³-hybridized carbons (Fsp3) is 0.533. The predicted molar refractivity (Wildman–Crippen MR) is 80.8 cm³/mol. The van der Waals surface area contributed by atoms with Gasteiger partial charge in [-0.1, -0.05) is 6.07 Å². The molecular formula is C15H22F2N2O4. The van der Waals surface area contributed by atoms with Crippen LogP contribution in [-0.4, -0.2) is 58.4 Å². The van der Waals surface area contributed by atoms with E-state index in [1.807, 2.05) is 0 Å². The first-order valence-electron chi connectivity index (χ1n) is 7.03. The van der Waals surface area contributed by atoms with Crippen molar-refractivity contribution in [1.82, 2.24) is 10.2 Å². The first kappa shape index (κ1) is 19.1. The van der Waals surface area contributed by atoms with Crippen molar-refractivity contribution in [2.45, 2.75) is 13.2 Å². The van der Waals surface area contributed by atoms with Crippen molar-refractivity contribution in [3.8, 4) is 11.5 Å². The van der Waals surface area contributed by atoms with Crippen LogP contribution < -0.4 is 14.8 Å². The molecule has 1 amide bonds. The number of methoxy groups -OCH3 is 2. The van der Waals surface area contributed by atoms with Crippen LogP contribution in [0.25, 0.3) is 0 Å². The topological polar surface area (TPSA) is 60.0 Å². The molecule has 8 heteroatoms. The lowest BCUT2D eigenvalue weighted by Crippen LogP contribution is -2.36. The number of rotatable bonds is 10. The molecule has 0 heterocycles. The van der Waals surface area contributed by atoms with Gasteiger partial charge in [0.2, 0.25) is 5.91 Å². The highest BCUT2D eigenvalue weighted by Gasteiger charge is 2.14. The Morgan fingerprint density at radius 1 is 1.30 bits per heavy atom. The van der Waals surface area contributed by atoms with E-state index in [9.17, 15) is 13.6 Å². The third-order valence-electron chi connectivity index (χ3n) is 3.05. The number of halogens is 2. The smallest absolute Gasteiger partial charge is 0.387 e. The molecule has 0 saturated carbocycles. The molecule has 23 heavy (non-hydrogen) atoms. The molecule has 0 spiro atoms. The number of hydrogen-bond donors (Lipinski definition) is 1. The molecule has 0 aliphatic rings. The molecule has 0 aromatic heterocycles. The van der Waals surface area contributed by atoms with Gasteiger partial charge < -0.3 is 24.4 Å². The molecule has 0 unspecified atom stereocenters. The number of amides is 1. The standard InChI is InChI=1S/C15H22F2N2O4/c1-19(14(20)9-18-6-7-21-2)10-11-4-5-12(22-3)13(8-11)23-15(16)17/h4-5,8,15,18H,6-7,9-10H2,1-3H3. The summed E-state index contributed by atoms with van der Waals surface area (Å²) in [6, 6.07) is 4.66. The summed E-state index contributed by atoms with van der Waals surface area (Å²) in [5.41, 5.74) is 0.661. The minimum absolute atomic E-state index is 0.0564. The zero-order chi connectivity index (χ0) is 17.2. The summed E-state index contributed by atoms with van der Waals surface area (Å²) in [4.78, 5) is 13.4. The van der Waals surface area contributed by atoms with Gasteiger partial charge in [0.1, 0.15) is 0 Å². The van der Waals surface area contributed by atoms with Crippen molar-refractivity contribution in [3.63, 3.8) is 0 Å². The highest BCUT2D eigenvalue weighted by atomic mass is 19.3. The van der Waals surface area contributed by atoms with Gasteiger partial charge in [-0.25, -0.2) is 0 Å². The van der Waals surface area contributed by atoms with Gasteiger partial charge in [0.15, 0.2) is 11.5 Å². The lowest BCUT2D eigenvalue weighted by Gasteiger charge is -2.19. The van der Waals surface area contributed by atoms with Crippen molar-refractivity contribution in [1.29, 1.82) is 0 Å². The van der Waals surface area contributed by atoms with E-state index in [1.165, 1.54) is 24.1 Å². The largest absolute Gasteiger partial charge is 0.493 e. The van der Waals surface area contributed by atoms with Crippen molar-refractivity contribution in [2.24, 2.45) is 0 Å². The number of benzene rings is 1. The van der Waals surface area contributed by atoms with Gasteiger partial charge in [0, 0.05) is 27.2 Å². The first-order valence-corrected chi connectivity index (χ1v) is 7.03. The van der Waals surface area contributed by atoms with Crippen LogP contribution in [0.1, 0.15) is 5.56 Å². The van der Waals surface area contributed by atoms with Gasteiger partial charge in [0.25, 0.3) is 0 Å². The third-order valence-corrected chi connectivity index (χ3v) is 3.05. The van der Waals surface area contributed by atoms with E-state index in [-0.39, 0.29) is 30.5 Å². The average molecular weight is 332 g/mol. The van der Waals surface area contributed by atoms with Crippen LogP contribution in [0, 0.1) is 0 Å². The van der Waals surface area contributed by atoms with Crippen LogP contribution in [0.2, 0.25) is 0 Å². The van der Waals surface area contributed by atoms with Gasteiger partial charge in [-0.2, -0.15) is 8.78 Å². The molecule has 0 bridgehead atoms. The summed E-state index contributed by atoms with van der Waals surface area (Å²) in [7, 11) is 4.59. The number of carbonyl (C=O) groups is 1. The van der Waals surface area contributed by atoms with Gasteiger partial charge >= 0.3 is 6.61 Å². The average Bonchev–Trinajstić information content (AvgIpc) is 2.51. The van der Waals surface area contributed by atoms with E-state index < -0.39 is 6.61 Å². The summed E-state index contributed by atoms with van der Waals surface area (Å²) >= 11 is 0. The highest BCUT2D eigenvalue weighted by Crippen LogP contribution is 2.29. The van der Waals surface area contributed by atoms with E-state index in [0.717, 1.165) is 0 Å². The molecule has 0 saturated heterocycles. The SMILES string of the molecule is COCCNCC(=O)N(C)Cc1ccc(OC)c(OC(F)F)c1. The number of carbonyl (C=O) groups excluding carboxylic acids is 1. The molecule has 0 atom stereocenters. The number of hydrogen-bond acceptors (Lipinski definition) is 5. The zero-order valence-corrected chi connectivity index (χ0v) is 13.5. The third kappa shape index (κ3) is 6.79. The lowest BCUT2D eigenvalue weighted by atomic mass is 10.2. The maximum absolute atomic E-state index is 12.4. The minimum atomic E-state index is -2.94. The van der Waals surface area contributed by atoms with Crippen LogP contribution in [0.15, 0.2) is 18.2 Å². The molecule has 0 aliphatic carbocycles. The molecule has 6 nitrogen and oxygen atoms in total. The molecule has 0 aliphatic heterocycles. The molecular weight excluding hydrogens is 310 g/mol. The first-order chi connectivity index (χ1) is 11.0. The highest BCUT2D eigenvalue weighted by molar-refractivity contribution is 5.78. The molecule has 0 radical (unpaired) electrons. The molecule has 1 aromatic carbocycles. The number of ether oxygens (including phenoxy) is 3. The molecule has 1 rings (SSSR count). The Balaban J connectivity index is 2.63. The molecule has 130 valence electrons. The maximum atomic E-state index is 12.4. The fourth-order valence-electron chi connectivity index (χ4n) is 1.87. The Morgan fingerprint density at radius 3 is 2.65 bits per heavy atom. The normalized spacial score (nSPS) is 10.7. The van der Waals surface area contributed by atoms with Crippen LogP contribution >= 0.6 is 0 Å². The Kier molecular flexibility index (Phi) is 8.28. The second kappa shape index (κ2) is 9.96. The number of nitrogens with zero attached hydrogens (tertiary/aromatic N) is 1. The Bertz CT molecular complexity index is 500. The summed E-state index contributed by atoms with van der Waals surface area (Å²) in [5.74, 6) is 0.0385.